The highest BCUT2D eigenvalue weighted by molar-refractivity contribution is 5.46. The molecule has 2 saturated heterocycles. The van der Waals surface area contributed by atoms with Gasteiger partial charge in [0.25, 0.3) is 0 Å². The summed E-state index contributed by atoms with van der Waals surface area (Å²) in [6.07, 6.45) is 3.78. The third kappa shape index (κ3) is 2.45. The van der Waals surface area contributed by atoms with Crippen molar-refractivity contribution < 1.29 is 4.74 Å². The van der Waals surface area contributed by atoms with Crippen molar-refractivity contribution in [2.24, 2.45) is 5.41 Å². The maximum absolute atomic E-state index is 5.73. The van der Waals surface area contributed by atoms with E-state index in [1.54, 1.807) is 7.11 Å². The molecule has 0 bridgehead atoms. The van der Waals surface area contributed by atoms with Gasteiger partial charge in [0.1, 0.15) is 5.82 Å². The second-order valence-corrected chi connectivity index (χ2v) is 5.58. The van der Waals surface area contributed by atoms with Crippen LogP contribution in [0, 0.1) is 5.41 Å². The van der Waals surface area contributed by atoms with Gasteiger partial charge in [0, 0.05) is 31.1 Å². The van der Waals surface area contributed by atoms with Crippen molar-refractivity contribution in [2.75, 3.05) is 43.9 Å². The van der Waals surface area contributed by atoms with E-state index in [9.17, 15) is 0 Å². The average Bonchev–Trinajstić information content (AvgIpc) is 2.83. The van der Waals surface area contributed by atoms with Crippen LogP contribution in [0.1, 0.15) is 19.3 Å². The third-order valence-corrected chi connectivity index (χ3v) is 4.24. The van der Waals surface area contributed by atoms with Crippen LogP contribution in [-0.2, 0) is 0 Å². The lowest BCUT2D eigenvalue weighted by Crippen LogP contribution is -2.42. The van der Waals surface area contributed by atoms with Gasteiger partial charge in [-0.15, -0.1) is 0 Å². The summed E-state index contributed by atoms with van der Waals surface area (Å²) < 4.78 is 5.16. The molecule has 0 saturated carbocycles. The van der Waals surface area contributed by atoms with E-state index in [2.05, 4.69) is 20.2 Å². The number of nitrogens with one attached hydrogen (secondary N) is 1. The summed E-state index contributed by atoms with van der Waals surface area (Å²) >= 11 is 0. The second-order valence-electron chi connectivity index (χ2n) is 5.58. The Morgan fingerprint density at radius 1 is 1.42 bits per heavy atom. The summed E-state index contributed by atoms with van der Waals surface area (Å²) in [5.74, 6) is 1.69. The van der Waals surface area contributed by atoms with Crippen LogP contribution in [0.5, 0.6) is 5.88 Å². The van der Waals surface area contributed by atoms with Crippen molar-refractivity contribution in [1.82, 2.24) is 15.3 Å². The average molecular weight is 263 g/mol. The smallest absolute Gasteiger partial charge is 0.225 e. The molecule has 2 fully saturated rings. The fraction of sp³-hybridized carbons (Fsp3) is 0.692. The quantitative estimate of drug-likeness (QED) is 0.816. The van der Waals surface area contributed by atoms with Gasteiger partial charge in [-0.3, -0.25) is 0 Å². The van der Waals surface area contributed by atoms with Crippen LogP contribution in [0.15, 0.2) is 6.07 Å². The number of ether oxygens (including phenoxy) is 1. The summed E-state index contributed by atoms with van der Waals surface area (Å²) in [6.45, 7) is 4.33. The molecule has 1 aromatic heterocycles. The lowest BCUT2D eigenvalue weighted by molar-refractivity contribution is 0.239. The Hall–Kier alpha value is -1.56. The monoisotopic (exact) mass is 263 g/mol. The first-order valence-corrected chi connectivity index (χ1v) is 6.85. The van der Waals surface area contributed by atoms with Crippen molar-refractivity contribution >= 4 is 11.8 Å². The number of hydrogen-bond acceptors (Lipinski definition) is 6. The summed E-state index contributed by atoms with van der Waals surface area (Å²) in [6, 6.07) is 1.87. The second kappa shape index (κ2) is 4.85. The van der Waals surface area contributed by atoms with Crippen LogP contribution in [0.2, 0.25) is 0 Å². The molecule has 19 heavy (non-hydrogen) atoms. The molecule has 1 atom stereocenters. The molecule has 1 unspecified atom stereocenters. The highest BCUT2D eigenvalue weighted by atomic mass is 16.5. The van der Waals surface area contributed by atoms with E-state index >= 15 is 0 Å². The SMILES string of the molecule is COc1cc(N2CCC3(CCCNC3)C2)nc(N)n1. The van der Waals surface area contributed by atoms with Crippen molar-refractivity contribution in [3.8, 4) is 5.88 Å². The molecule has 6 heteroatoms. The fourth-order valence-corrected chi connectivity index (χ4v) is 3.21. The number of hydrogen-bond donors (Lipinski definition) is 2. The zero-order valence-corrected chi connectivity index (χ0v) is 11.4. The van der Waals surface area contributed by atoms with Gasteiger partial charge in [0.2, 0.25) is 11.8 Å². The summed E-state index contributed by atoms with van der Waals surface area (Å²) in [7, 11) is 1.60. The minimum absolute atomic E-state index is 0.275. The number of piperidine rings is 1. The van der Waals surface area contributed by atoms with Gasteiger partial charge in [0.05, 0.1) is 7.11 Å². The minimum Gasteiger partial charge on any atom is -0.481 e. The van der Waals surface area contributed by atoms with Crippen molar-refractivity contribution in [2.45, 2.75) is 19.3 Å². The summed E-state index contributed by atoms with van der Waals surface area (Å²) in [5.41, 5.74) is 6.14. The zero-order valence-electron chi connectivity index (χ0n) is 11.4. The van der Waals surface area contributed by atoms with Gasteiger partial charge in [-0.05, 0) is 25.8 Å². The van der Waals surface area contributed by atoms with Gasteiger partial charge < -0.3 is 20.7 Å². The molecule has 0 radical (unpaired) electrons. The number of nitrogens with zero attached hydrogens (tertiary/aromatic N) is 3. The molecular formula is C13H21N5O. The summed E-state index contributed by atoms with van der Waals surface area (Å²) in [5, 5.41) is 3.51. The molecule has 6 nitrogen and oxygen atoms in total. The number of anilines is 2. The van der Waals surface area contributed by atoms with E-state index in [0.29, 0.717) is 11.3 Å². The van der Waals surface area contributed by atoms with E-state index < -0.39 is 0 Å². The van der Waals surface area contributed by atoms with E-state index in [0.717, 1.165) is 32.0 Å². The van der Waals surface area contributed by atoms with Crippen molar-refractivity contribution in [3.63, 3.8) is 0 Å². The summed E-state index contributed by atoms with van der Waals surface area (Å²) in [4.78, 5) is 10.7. The van der Waals surface area contributed by atoms with E-state index in [-0.39, 0.29) is 5.95 Å². The highest BCUT2D eigenvalue weighted by Crippen LogP contribution is 2.38. The first kappa shape index (κ1) is 12.5. The molecular weight excluding hydrogens is 242 g/mol. The number of aromatic nitrogens is 2. The first-order valence-electron chi connectivity index (χ1n) is 6.85. The topological polar surface area (TPSA) is 76.3 Å². The number of nitrogen functional groups attached to an aromatic ring is 1. The van der Waals surface area contributed by atoms with Crippen molar-refractivity contribution in [3.05, 3.63) is 6.07 Å². The molecule has 1 aromatic rings. The van der Waals surface area contributed by atoms with E-state index in [4.69, 9.17) is 10.5 Å². The standard InChI is InChI=1S/C13H21N5O/c1-19-11-7-10(16-12(14)17-11)18-6-4-13(9-18)3-2-5-15-8-13/h7,15H,2-6,8-9H2,1H3,(H2,14,16,17). The molecule has 3 heterocycles. The third-order valence-electron chi connectivity index (χ3n) is 4.24. The molecule has 2 aliphatic rings. The normalized spacial score (nSPS) is 26.9. The Balaban J connectivity index is 1.78. The first-order chi connectivity index (χ1) is 9.21. The van der Waals surface area contributed by atoms with Crippen LogP contribution in [0.4, 0.5) is 11.8 Å². The van der Waals surface area contributed by atoms with E-state index in [1.807, 2.05) is 6.07 Å². The van der Waals surface area contributed by atoms with Gasteiger partial charge in [-0.25, -0.2) is 0 Å². The Bertz CT molecular complexity index is 458. The molecule has 0 aliphatic carbocycles. The van der Waals surface area contributed by atoms with Gasteiger partial charge in [-0.2, -0.15) is 9.97 Å². The maximum atomic E-state index is 5.73. The maximum Gasteiger partial charge on any atom is 0.225 e. The fourth-order valence-electron chi connectivity index (χ4n) is 3.21. The van der Waals surface area contributed by atoms with Gasteiger partial charge in [-0.1, -0.05) is 0 Å². The van der Waals surface area contributed by atoms with Crippen molar-refractivity contribution in [1.29, 1.82) is 0 Å². The Labute approximate surface area is 113 Å². The molecule has 2 aliphatic heterocycles. The molecule has 3 N–H and O–H groups in total. The Kier molecular flexibility index (Phi) is 3.18. The van der Waals surface area contributed by atoms with E-state index in [1.165, 1.54) is 19.3 Å². The minimum atomic E-state index is 0.275. The number of nitrogens with two attached hydrogens (primary N) is 1. The van der Waals surface area contributed by atoms with Crippen LogP contribution in [-0.4, -0.2) is 43.3 Å². The predicted octanol–water partition coefficient (Wildman–Crippen LogP) is 0.647. The largest absolute Gasteiger partial charge is 0.481 e. The molecule has 104 valence electrons. The molecule has 0 amide bonds. The lowest BCUT2D eigenvalue weighted by atomic mass is 9.80. The zero-order chi connectivity index (χ0) is 13.3. The van der Waals surface area contributed by atoms with Gasteiger partial charge in [0.15, 0.2) is 0 Å². The predicted molar refractivity (Wildman–Crippen MR) is 74.4 cm³/mol. The van der Waals surface area contributed by atoms with Crippen LogP contribution >= 0.6 is 0 Å². The molecule has 1 spiro atoms. The molecule has 3 rings (SSSR count). The molecule has 0 aromatic carbocycles. The Morgan fingerprint density at radius 2 is 2.32 bits per heavy atom. The number of rotatable bonds is 2. The Morgan fingerprint density at radius 3 is 3.05 bits per heavy atom. The van der Waals surface area contributed by atoms with Gasteiger partial charge >= 0.3 is 0 Å². The van der Waals surface area contributed by atoms with Crippen LogP contribution in [0.25, 0.3) is 0 Å². The van der Waals surface area contributed by atoms with Crippen LogP contribution < -0.4 is 20.7 Å². The van der Waals surface area contributed by atoms with Crippen LogP contribution in [0.3, 0.4) is 0 Å². The number of methoxy groups -OCH3 is 1. The highest BCUT2D eigenvalue weighted by Gasteiger charge is 2.39. The lowest BCUT2D eigenvalue weighted by Gasteiger charge is -2.33.